The molecule has 0 aliphatic heterocycles. The molecule has 0 rings (SSSR count). The van der Waals surface area contributed by atoms with E-state index in [-0.39, 0.29) is 39.6 Å². The number of methoxy groups -OCH3 is 1. The average Bonchev–Trinajstić information content (AvgIpc) is 3.00. The largest absolute Gasteiger partial charge is 0.463 e. The Morgan fingerprint density at radius 1 is 0.535 bits per heavy atom. The average molecular weight is 613 g/mol. The lowest BCUT2D eigenvalue weighted by molar-refractivity contribution is -0.140. The summed E-state index contributed by atoms with van der Waals surface area (Å²) >= 11 is 0. The van der Waals surface area contributed by atoms with Crippen LogP contribution in [-0.2, 0) is 42.9 Å². The van der Waals surface area contributed by atoms with Crippen molar-refractivity contribution in [1.82, 2.24) is 9.80 Å². The molecular formula is C30H48N2O11. The Kier molecular flexibility index (Phi) is 26.0. The zero-order valence-corrected chi connectivity index (χ0v) is 25.4. The number of esters is 4. The monoisotopic (exact) mass is 612 g/mol. The molecule has 0 spiro atoms. The summed E-state index contributed by atoms with van der Waals surface area (Å²) in [4.78, 5) is 50.8. The van der Waals surface area contributed by atoms with Gasteiger partial charge in [0.2, 0.25) is 0 Å². The molecule has 0 aromatic rings. The summed E-state index contributed by atoms with van der Waals surface area (Å²) in [6.07, 6.45) is 15.0. The van der Waals surface area contributed by atoms with Crippen molar-refractivity contribution in [3.8, 4) is 0 Å². The highest BCUT2D eigenvalue weighted by molar-refractivity contribution is 5.83. The molecule has 13 heteroatoms. The molecule has 0 saturated carbocycles. The van der Waals surface area contributed by atoms with Crippen molar-refractivity contribution in [2.45, 2.75) is 51.9 Å². The highest BCUT2D eigenvalue weighted by atomic mass is 16.6. The van der Waals surface area contributed by atoms with Crippen LogP contribution in [0.15, 0.2) is 49.1 Å². The first-order valence-electron chi connectivity index (χ1n) is 14.5. The highest BCUT2D eigenvalue weighted by Crippen LogP contribution is 2.02. The van der Waals surface area contributed by atoms with Crippen LogP contribution in [0.4, 0.5) is 0 Å². The molecule has 0 atom stereocenters. The molecule has 0 aromatic heterocycles. The molecular weight excluding hydrogens is 564 g/mol. The molecule has 0 radical (unpaired) electrons. The number of carbonyl (C=O) groups excluding carboxylic acids is 4. The van der Waals surface area contributed by atoms with Crippen LogP contribution in [0.2, 0.25) is 0 Å². The molecule has 0 aliphatic rings. The fourth-order valence-electron chi connectivity index (χ4n) is 3.01. The third-order valence-electron chi connectivity index (χ3n) is 5.26. The van der Waals surface area contributed by atoms with Gasteiger partial charge in [0.15, 0.2) is 0 Å². The molecule has 0 aliphatic carbocycles. The molecule has 2 N–H and O–H groups in total. The maximum Gasteiger partial charge on any atom is 0.332 e. The molecule has 0 amide bonds. The Morgan fingerprint density at radius 3 is 1.26 bits per heavy atom. The lowest BCUT2D eigenvalue weighted by Gasteiger charge is -2.15. The van der Waals surface area contributed by atoms with Crippen molar-refractivity contribution in [3.63, 3.8) is 0 Å². The van der Waals surface area contributed by atoms with Gasteiger partial charge in [-0.25, -0.2) is 19.2 Å². The topological polar surface area (TPSA) is 161 Å². The van der Waals surface area contributed by atoms with Crippen LogP contribution < -0.4 is 0 Å². The Labute approximate surface area is 254 Å². The van der Waals surface area contributed by atoms with E-state index in [4.69, 9.17) is 33.9 Å². The van der Waals surface area contributed by atoms with Gasteiger partial charge in [0.1, 0.15) is 6.61 Å². The first-order valence-corrected chi connectivity index (χ1v) is 14.5. The van der Waals surface area contributed by atoms with E-state index in [1.54, 1.807) is 9.80 Å². The van der Waals surface area contributed by atoms with Crippen molar-refractivity contribution in [1.29, 1.82) is 0 Å². The molecule has 0 fully saturated rings. The Morgan fingerprint density at radius 2 is 0.907 bits per heavy atom. The molecule has 0 aromatic carbocycles. The first-order chi connectivity index (χ1) is 20.9. The van der Waals surface area contributed by atoms with Gasteiger partial charge < -0.3 is 43.7 Å². The lowest BCUT2D eigenvalue weighted by Crippen LogP contribution is -2.15. The predicted molar refractivity (Wildman–Crippen MR) is 158 cm³/mol. The zero-order valence-electron chi connectivity index (χ0n) is 25.4. The van der Waals surface area contributed by atoms with E-state index in [1.807, 2.05) is 6.92 Å². The molecule has 0 unspecified atom stereocenters. The zero-order chi connectivity index (χ0) is 32.0. The number of hydrogen-bond donors (Lipinski definition) is 2. The van der Waals surface area contributed by atoms with Crippen LogP contribution >= 0.6 is 0 Å². The van der Waals surface area contributed by atoms with Crippen molar-refractivity contribution in [2.75, 3.05) is 66.4 Å². The van der Waals surface area contributed by atoms with E-state index in [0.29, 0.717) is 64.6 Å². The minimum Gasteiger partial charge on any atom is -0.463 e. The van der Waals surface area contributed by atoms with E-state index in [1.165, 1.54) is 56.2 Å². The third kappa shape index (κ3) is 25.7. The maximum absolute atomic E-state index is 12.1. The predicted octanol–water partition coefficient (Wildman–Crippen LogP) is 2.20. The highest BCUT2D eigenvalue weighted by Gasteiger charge is 2.04. The van der Waals surface area contributed by atoms with E-state index in [2.05, 4.69) is 0 Å². The van der Waals surface area contributed by atoms with Crippen molar-refractivity contribution in [2.24, 2.45) is 0 Å². The molecule has 13 nitrogen and oxygen atoms in total. The van der Waals surface area contributed by atoms with Gasteiger partial charge in [-0.3, -0.25) is 0 Å². The summed E-state index contributed by atoms with van der Waals surface area (Å²) in [6.45, 7) is 3.92. The minimum absolute atomic E-state index is 0.0341. The summed E-state index contributed by atoms with van der Waals surface area (Å²) in [5.41, 5.74) is 0. The number of carbonyl (C=O) groups is 4. The van der Waals surface area contributed by atoms with E-state index in [0.717, 1.165) is 0 Å². The first kappa shape index (κ1) is 39.3. The summed E-state index contributed by atoms with van der Waals surface area (Å²) in [7, 11) is 1.50. The quantitative estimate of drug-likeness (QED) is 0.0634. The Balaban J connectivity index is 4.51. The van der Waals surface area contributed by atoms with Crippen molar-refractivity contribution < 1.29 is 53.1 Å². The third-order valence-corrected chi connectivity index (χ3v) is 5.26. The van der Waals surface area contributed by atoms with Gasteiger partial charge in [-0.2, -0.15) is 0 Å². The minimum atomic E-state index is -0.573. The van der Waals surface area contributed by atoms with Crippen LogP contribution in [0.1, 0.15) is 51.9 Å². The molecule has 244 valence electrons. The normalized spacial score (nSPS) is 11.4. The van der Waals surface area contributed by atoms with Gasteiger partial charge in [-0.05, 0) is 44.9 Å². The lowest BCUT2D eigenvalue weighted by atomic mass is 10.3. The summed E-state index contributed by atoms with van der Waals surface area (Å²) in [5, 5.41) is 18.0. The van der Waals surface area contributed by atoms with Crippen LogP contribution in [0.3, 0.4) is 0 Å². The van der Waals surface area contributed by atoms with Crippen LogP contribution in [-0.4, -0.2) is 110 Å². The SMILES string of the molecule is CCCOC(=O)/C=C/N(/C=C/C(=O)OCCCCOC(=O)/C=C/N(/C=C/C(=O)OCCOC)CCCCO)CCCCO. The number of ether oxygens (including phenoxy) is 5. The number of aliphatic hydroxyl groups is 2. The van der Waals surface area contributed by atoms with Crippen LogP contribution in [0, 0.1) is 0 Å². The molecule has 0 bridgehead atoms. The van der Waals surface area contributed by atoms with Crippen molar-refractivity contribution >= 4 is 23.9 Å². The van der Waals surface area contributed by atoms with Crippen molar-refractivity contribution in [3.05, 3.63) is 49.1 Å². The van der Waals surface area contributed by atoms with Gasteiger partial charge in [0.05, 0.1) is 26.4 Å². The maximum atomic E-state index is 12.1. The van der Waals surface area contributed by atoms with Gasteiger partial charge in [-0.1, -0.05) is 6.92 Å². The summed E-state index contributed by atoms with van der Waals surface area (Å²) < 4.78 is 25.1. The number of unbranched alkanes of at least 4 members (excludes halogenated alkanes) is 3. The standard InChI is InChI=1S/C30H48N2O11/c1-3-22-40-27(35)10-16-31(14-4-6-20-33)17-11-28(36)41-23-8-9-24-42-29(37)12-18-32(15-5-7-21-34)19-13-30(38)43-26-25-39-2/h10-13,16-19,33-34H,3-9,14-15,20-26H2,1-2H3/b16-10+,17-11+,18-12+,19-13+. The van der Waals surface area contributed by atoms with E-state index in [9.17, 15) is 19.2 Å². The van der Waals surface area contributed by atoms with Crippen LogP contribution in [0.25, 0.3) is 0 Å². The van der Waals surface area contributed by atoms with Gasteiger partial charge >= 0.3 is 23.9 Å². The number of nitrogens with zero attached hydrogens (tertiary/aromatic N) is 2. The fourth-order valence-corrected chi connectivity index (χ4v) is 3.01. The van der Waals surface area contributed by atoms with Gasteiger partial charge in [0.25, 0.3) is 0 Å². The number of rotatable bonds is 26. The van der Waals surface area contributed by atoms with Gasteiger partial charge in [0, 0.05) is 82.5 Å². The number of hydrogen-bond acceptors (Lipinski definition) is 13. The fraction of sp³-hybridized carbons (Fsp3) is 0.600. The summed E-state index contributed by atoms with van der Waals surface area (Å²) in [6, 6.07) is 0. The van der Waals surface area contributed by atoms with Crippen LogP contribution in [0.5, 0.6) is 0 Å². The second-order valence-corrected chi connectivity index (χ2v) is 8.97. The number of aliphatic hydroxyl groups excluding tert-OH is 2. The Bertz CT molecular complexity index is 887. The van der Waals surface area contributed by atoms with E-state index >= 15 is 0 Å². The molecule has 0 saturated heterocycles. The molecule has 0 heterocycles. The molecule has 43 heavy (non-hydrogen) atoms. The van der Waals surface area contributed by atoms with Gasteiger partial charge in [-0.15, -0.1) is 0 Å². The summed E-state index contributed by atoms with van der Waals surface area (Å²) in [5.74, 6) is -2.17. The Hall–Kier alpha value is -3.68. The second-order valence-electron chi connectivity index (χ2n) is 8.97. The van der Waals surface area contributed by atoms with E-state index < -0.39 is 23.9 Å². The smallest absolute Gasteiger partial charge is 0.332 e. The second kappa shape index (κ2) is 28.4.